The maximum atomic E-state index is 12.6. The molecule has 1 aliphatic heterocycles. The van der Waals surface area contributed by atoms with Crippen molar-refractivity contribution in [1.29, 1.82) is 0 Å². The van der Waals surface area contributed by atoms with Gasteiger partial charge in [-0.25, -0.2) is 0 Å². The number of hydrogen-bond donors (Lipinski definition) is 0. The molecule has 0 atom stereocenters. The van der Waals surface area contributed by atoms with Crippen LogP contribution in [0.3, 0.4) is 0 Å². The summed E-state index contributed by atoms with van der Waals surface area (Å²) in [5.41, 5.74) is 1.88. The second-order valence-corrected chi connectivity index (χ2v) is 6.41. The predicted molar refractivity (Wildman–Crippen MR) is 102 cm³/mol. The topological polar surface area (TPSA) is 38.8 Å². The van der Waals surface area contributed by atoms with Crippen LogP contribution in [0.2, 0.25) is 0 Å². The zero-order valence-electron chi connectivity index (χ0n) is 15.0. The molecule has 0 radical (unpaired) electrons. The van der Waals surface area contributed by atoms with Crippen LogP contribution in [-0.4, -0.2) is 36.6 Å². The fourth-order valence-electron chi connectivity index (χ4n) is 3.05. The minimum atomic E-state index is 0.0711. The summed E-state index contributed by atoms with van der Waals surface area (Å²) in [5, 5.41) is 0. The van der Waals surface area contributed by atoms with Crippen molar-refractivity contribution in [3.05, 3.63) is 78.4 Å². The van der Waals surface area contributed by atoms with Crippen LogP contribution in [-0.2, 0) is 11.3 Å². The SMILES string of the molecule is C=CCOc1ccc(C(=O)N2CCC(OCc3ccccc3)CC2)cc1. The molecule has 2 aromatic carbocycles. The summed E-state index contributed by atoms with van der Waals surface area (Å²) in [6.07, 6.45) is 3.66. The fourth-order valence-corrected chi connectivity index (χ4v) is 3.05. The number of ether oxygens (including phenoxy) is 2. The summed E-state index contributed by atoms with van der Waals surface area (Å²) < 4.78 is 11.4. The minimum Gasteiger partial charge on any atom is -0.490 e. The molecule has 1 heterocycles. The van der Waals surface area contributed by atoms with Crippen LogP contribution in [0.1, 0.15) is 28.8 Å². The molecular formula is C22H25NO3. The van der Waals surface area contributed by atoms with E-state index in [-0.39, 0.29) is 12.0 Å². The van der Waals surface area contributed by atoms with Crippen molar-refractivity contribution >= 4 is 5.91 Å². The molecule has 1 saturated heterocycles. The molecular weight excluding hydrogens is 326 g/mol. The first kappa shape index (κ1) is 18.2. The first-order valence-electron chi connectivity index (χ1n) is 9.05. The molecule has 0 saturated carbocycles. The van der Waals surface area contributed by atoms with Crippen molar-refractivity contribution in [3.8, 4) is 5.75 Å². The average Bonchev–Trinajstić information content (AvgIpc) is 2.72. The van der Waals surface area contributed by atoms with E-state index in [2.05, 4.69) is 18.7 Å². The van der Waals surface area contributed by atoms with Crippen molar-refractivity contribution < 1.29 is 14.3 Å². The molecule has 0 spiro atoms. The van der Waals surface area contributed by atoms with Crippen LogP contribution in [0.15, 0.2) is 67.3 Å². The van der Waals surface area contributed by atoms with Gasteiger partial charge in [-0.3, -0.25) is 4.79 Å². The molecule has 3 rings (SSSR count). The summed E-state index contributed by atoms with van der Waals surface area (Å²) >= 11 is 0. The van der Waals surface area contributed by atoms with Gasteiger partial charge >= 0.3 is 0 Å². The van der Waals surface area contributed by atoms with E-state index in [1.807, 2.05) is 47.4 Å². The van der Waals surface area contributed by atoms with E-state index in [0.29, 0.717) is 18.8 Å². The lowest BCUT2D eigenvalue weighted by molar-refractivity contribution is -0.000379. The molecule has 26 heavy (non-hydrogen) atoms. The van der Waals surface area contributed by atoms with Crippen LogP contribution < -0.4 is 4.74 Å². The highest BCUT2D eigenvalue weighted by molar-refractivity contribution is 5.94. The van der Waals surface area contributed by atoms with Gasteiger partial charge in [0.15, 0.2) is 0 Å². The van der Waals surface area contributed by atoms with E-state index in [4.69, 9.17) is 9.47 Å². The summed E-state index contributed by atoms with van der Waals surface area (Å²) in [6.45, 7) is 6.17. The summed E-state index contributed by atoms with van der Waals surface area (Å²) in [4.78, 5) is 14.5. The number of amides is 1. The largest absolute Gasteiger partial charge is 0.490 e. The van der Waals surface area contributed by atoms with E-state index in [1.165, 1.54) is 5.56 Å². The maximum absolute atomic E-state index is 12.6. The highest BCUT2D eigenvalue weighted by Gasteiger charge is 2.24. The molecule has 0 aromatic heterocycles. The third-order valence-electron chi connectivity index (χ3n) is 4.53. The second kappa shape index (κ2) is 9.20. The number of carbonyl (C=O) groups excluding carboxylic acids is 1. The van der Waals surface area contributed by atoms with Crippen LogP contribution >= 0.6 is 0 Å². The number of rotatable bonds is 7. The Bertz CT molecular complexity index is 704. The van der Waals surface area contributed by atoms with E-state index >= 15 is 0 Å². The Morgan fingerprint density at radius 2 is 1.77 bits per heavy atom. The highest BCUT2D eigenvalue weighted by atomic mass is 16.5. The lowest BCUT2D eigenvalue weighted by Crippen LogP contribution is -2.40. The quantitative estimate of drug-likeness (QED) is 0.706. The monoisotopic (exact) mass is 351 g/mol. The molecule has 4 heteroatoms. The van der Waals surface area contributed by atoms with Gasteiger partial charge in [-0.1, -0.05) is 43.0 Å². The molecule has 1 amide bonds. The second-order valence-electron chi connectivity index (χ2n) is 6.41. The van der Waals surface area contributed by atoms with E-state index in [0.717, 1.165) is 31.7 Å². The number of likely N-dealkylation sites (tertiary alicyclic amines) is 1. The van der Waals surface area contributed by atoms with Crippen molar-refractivity contribution in [2.75, 3.05) is 19.7 Å². The van der Waals surface area contributed by atoms with Gasteiger partial charge in [0.1, 0.15) is 12.4 Å². The molecule has 2 aromatic rings. The molecule has 0 bridgehead atoms. The number of carbonyl (C=O) groups is 1. The minimum absolute atomic E-state index is 0.0711. The third-order valence-corrected chi connectivity index (χ3v) is 4.53. The Balaban J connectivity index is 1.46. The van der Waals surface area contributed by atoms with E-state index < -0.39 is 0 Å². The Morgan fingerprint density at radius 3 is 2.42 bits per heavy atom. The Hall–Kier alpha value is -2.59. The van der Waals surface area contributed by atoms with Crippen LogP contribution in [0, 0.1) is 0 Å². The average molecular weight is 351 g/mol. The fraction of sp³-hybridized carbons (Fsp3) is 0.318. The molecule has 1 aliphatic rings. The number of nitrogens with zero attached hydrogens (tertiary/aromatic N) is 1. The summed E-state index contributed by atoms with van der Waals surface area (Å²) in [5.74, 6) is 0.816. The third kappa shape index (κ3) is 4.96. The van der Waals surface area contributed by atoms with Gasteiger partial charge in [0.2, 0.25) is 0 Å². The lowest BCUT2D eigenvalue weighted by Gasteiger charge is -2.32. The molecule has 0 N–H and O–H groups in total. The van der Waals surface area contributed by atoms with Crippen LogP contribution in [0.4, 0.5) is 0 Å². The van der Waals surface area contributed by atoms with Crippen LogP contribution in [0.5, 0.6) is 5.75 Å². The smallest absolute Gasteiger partial charge is 0.253 e. The number of benzene rings is 2. The standard InChI is InChI=1S/C22H25NO3/c1-2-16-25-20-10-8-19(9-11-20)22(24)23-14-12-21(13-15-23)26-17-18-6-4-3-5-7-18/h2-11,21H,1,12-17H2. The maximum Gasteiger partial charge on any atom is 0.253 e. The predicted octanol–water partition coefficient (Wildman–Crippen LogP) is 4.07. The summed E-state index contributed by atoms with van der Waals surface area (Å²) in [7, 11) is 0. The van der Waals surface area contributed by atoms with Crippen molar-refractivity contribution in [1.82, 2.24) is 4.90 Å². The van der Waals surface area contributed by atoms with Gasteiger partial charge < -0.3 is 14.4 Å². The lowest BCUT2D eigenvalue weighted by atomic mass is 10.1. The van der Waals surface area contributed by atoms with Gasteiger partial charge in [0.05, 0.1) is 12.7 Å². The van der Waals surface area contributed by atoms with Gasteiger partial charge in [0, 0.05) is 18.7 Å². The van der Waals surface area contributed by atoms with Crippen molar-refractivity contribution in [2.45, 2.75) is 25.6 Å². The number of piperidine rings is 1. The zero-order chi connectivity index (χ0) is 18.2. The van der Waals surface area contributed by atoms with E-state index in [9.17, 15) is 4.79 Å². The normalized spacial score (nSPS) is 14.8. The van der Waals surface area contributed by atoms with Crippen molar-refractivity contribution in [2.24, 2.45) is 0 Å². The van der Waals surface area contributed by atoms with Crippen molar-refractivity contribution in [3.63, 3.8) is 0 Å². The first-order valence-corrected chi connectivity index (χ1v) is 9.05. The van der Waals surface area contributed by atoms with Gasteiger partial charge in [-0.05, 0) is 42.7 Å². The highest BCUT2D eigenvalue weighted by Crippen LogP contribution is 2.19. The van der Waals surface area contributed by atoms with Gasteiger partial charge in [-0.2, -0.15) is 0 Å². The van der Waals surface area contributed by atoms with Crippen LogP contribution in [0.25, 0.3) is 0 Å². The van der Waals surface area contributed by atoms with E-state index in [1.54, 1.807) is 6.08 Å². The molecule has 1 fully saturated rings. The molecule has 0 aliphatic carbocycles. The Labute approximate surface area is 155 Å². The van der Waals surface area contributed by atoms with Gasteiger partial charge in [-0.15, -0.1) is 0 Å². The first-order chi connectivity index (χ1) is 12.8. The Morgan fingerprint density at radius 1 is 1.08 bits per heavy atom. The molecule has 4 nitrogen and oxygen atoms in total. The Kier molecular flexibility index (Phi) is 6.45. The summed E-state index contributed by atoms with van der Waals surface area (Å²) in [6, 6.07) is 17.5. The zero-order valence-corrected chi connectivity index (χ0v) is 15.0. The molecule has 0 unspecified atom stereocenters. The number of hydrogen-bond acceptors (Lipinski definition) is 3. The van der Waals surface area contributed by atoms with Gasteiger partial charge in [0.25, 0.3) is 5.91 Å². The molecule has 136 valence electrons.